The van der Waals surface area contributed by atoms with Gasteiger partial charge in [0.1, 0.15) is 5.82 Å². The minimum absolute atomic E-state index is 0.116. The first-order valence-corrected chi connectivity index (χ1v) is 9.38. The van der Waals surface area contributed by atoms with E-state index in [1.807, 2.05) is 18.2 Å². The van der Waals surface area contributed by atoms with Gasteiger partial charge in [-0.2, -0.15) is 4.31 Å². The van der Waals surface area contributed by atoms with Crippen LogP contribution in [0.3, 0.4) is 0 Å². The summed E-state index contributed by atoms with van der Waals surface area (Å²) in [6, 6.07) is 10.6. The van der Waals surface area contributed by atoms with E-state index in [0.29, 0.717) is 31.9 Å². The Morgan fingerprint density at radius 3 is 2.28 bits per heavy atom. The molecule has 0 unspecified atom stereocenters. The standard InChI is InChI=1S/C17H17FN2O4S/c18-13-1-4-15(5-2-13)25(21,22)20-9-7-19(8-10-20)14-3-6-16-17(11-14)24-12-23-16/h1-6,11H,7-10,12H2. The number of hydrogen-bond acceptors (Lipinski definition) is 5. The van der Waals surface area contributed by atoms with Crippen LogP contribution >= 0.6 is 0 Å². The monoisotopic (exact) mass is 364 g/mol. The zero-order valence-corrected chi connectivity index (χ0v) is 14.2. The number of halogens is 1. The maximum Gasteiger partial charge on any atom is 0.243 e. The molecule has 2 heterocycles. The Balaban J connectivity index is 1.47. The van der Waals surface area contributed by atoms with Crippen LogP contribution in [0, 0.1) is 5.82 Å². The van der Waals surface area contributed by atoms with Crippen molar-refractivity contribution in [3.05, 3.63) is 48.3 Å². The van der Waals surface area contributed by atoms with E-state index in [4.69, 9.17) is 9.47 Å². The molecule has 6 nitrogen and oxygen atoms in total. The lowest BCUT2D eigenvalue weighted by molar-refractivity contribution is 0.174. The van der Waals surface area contributed by atoms with Gasteiger partial charge in [0, 0.05) is 37.9 Å². The lowest BCUT2D eigenvalue weighted by atomic mass is 10.2. The van der Waals surface area contributed by atoms with Crippen LogP contribution in [0.5, 0.6) is 11.5 Å². The molecule has 0 saturated carbocycles. The Labute approximate surface area is 145 Å². The van der Waals surface area contributed by atoms with Crippen LogP contribution in [0.4, 0.5) is 10.1 Å². The average molecular weight is 364 g/mol. The molecular weight excluding hydrogens is 347 g/mol. The molecule has 8 heteroatoms. The van der Waals surface area contributed by atoms with Crippen molar-refractivity contribution in [2.24, 2.45) is 0 Å². The van der Waals surface area contributed by atoms with E-state index in [2.05, 4.69) is 4.90 Å². The van der Waals surface area contributed by atoms with Crippen LogP contribution in [0.15, 0.2) is 47.4 Å². The SMILES string of the molecule is O=S(=O)(c1ccc(F)cc1)N1CCN(c2ccc3c(c2)OCO3)CC1. The van der Waals surface area contributed by atoms with Crippen molar-refractivity contribution < 1.29 is 22.3 Å². The number of nitrogens with zero attached hydrogens (tertiary/aromatic N) is 2. The van der Waals surface area contributed by atoms with E-state index in [1.165, 1.54) is 16.4 Å². The van der Waals surface area contributed by atoms with Gasteiger partial charge >= 0.3 is 0 Å². The average Bonchev–Trinajstić information content (AvgIpc) is 3.10. The van der Waals surface area contributed by atoms with Gasteiger partial charge in [0.2, 0.25) is 16.8 Å². The third-order valence-corrected chi connectivity index (χ3v) is 6.32. The molecule has 0 amide bonds. The number of piperazine rings is 1. The zero-order valence-electron chi connectivity index (χ0n) is 13.4. The summed E-state index contributed by atoms with van der Waals surface area (Å²) in [4.78, 5) is 2.23. The van der Waals surface area contributed by atoms with E-state index < -0.39 is 15.8 Å². The molecule has 2 aliphatic rings. The van der Waals surface area contributed by atoms with Crippen LogP contribution in [0.1, 0.15) is 0 Å². The molecule has 0 radical (unpaired) electrons. The third-order valence-electron chi connectivity index (χ3n) is 4.41. The van der Waals surface area contributed by atoms with Crippen molar-refractivity contribution in [2.75, 3.05) is 37.9 Å². The molecule has 0 bridgehead atoms. The summed E-state index contributed by atoms with van der Waals surface area (Å²) in [6.45, 7) is 2.10. The van der Waals surface area contributed by atoms with Crippen LogP contribution in [-0.4, -0.2) is 45.7 Å². The van der Waals surface area contributed by atoms with Crippen molar-refractivity contribution in [1.82, 2.24) is 4.31 Å². The van der Waals surface area contributed by atoms with Gasteiger partial charge in [-0.1, -0.05) is 0 Å². The predicted molar refractivity (Wildman–Crippen MR) is 89.9 cm³/mol. The van der Waals surface area contributed by atoms with Crippen molar-refractivity contribution in [2.45, 2.75) is 4.90 Å². The van der Waals surface area contributed by atoms with E-state index in [1.54, 1.807) is 0 Å². The molecular formula is C17H17FN2O4S. The molecule has 0 aromatic heterocycles. The summed E-state index contributed by atoms with van der Waals surface area (Å²) < 4.78 is 50.4. The summed E-state index contributed by atoms with van der Waals surface area (Å²) in [6.07, 6.45) is 0. The maximum absolute atomic E-state index is 13.0. The Morgan fingerprint density at radius 2 is 1.56 bits per heavy atom. The molecule has 1 fully saturated rings. The van der Waals surface area contributed by atoms with Gasteiger partial charge in [-0.25, -0.2) is 12.8 Å². The Morgan fingerprint density at radius 1 is 0.880 bits per heavy atom. The number of hydrogen-bond donors (Lipinski definition) is 0. The largest absolute Gasteiger partial charge is 0.454 e. The quantitative estimate of drug-likeness (QED) is 0.835. The van der Waals surface area contributed by atoms with Gasteiger partial charge in [-0.05, 0) is 36.4 Å². The van der Waals surface area contributed by atoms with Crippen LogP contribution in [-0.2, 0) is 10.0 Å². The second kappa shape index (κ2) is 6.20. The van der Waals surface area contributed by atoms with Crippen LogP contribution in [0.25, 0.3) is 0 Å². The summed E-state index contributed by atoms with van der Waals surface area (Å²) in [5, 5.41) is 0. The Bertz CT molecular complexity index is 878. The Kier molecular flexibility index (Phi) is 4.01. The molecule has 1 saturated heterocycles. The Hall–Kier alpha value is -2.32. The fraction of sp³-hybridized carbons (Fsp3) is 0.294. The van der Waals surface area contributed by atoms with Gasteiger partial charge in [-0.15, -0.1) is 0 Å². The lowest BCUT2D eigenvalue weighted by Gasteiger charge is -2.35. The molecule has 2 aromatic rings. The molecule has 132 valence electrons. The lowest BCUT2D eigenvalue weighted by Crippen LogP contribution is -2.48. The minimum atomic E-state index is -3.60. The van der Waals surface area contributed by atoms with Crippen LogP contribution < -0.4 is 14.4 Å². The minimum Gasteiger partial charge on any atom is -0.454 e. The smallest absolute Gasteiger partial charge is 0.243 e. The molecule has 0 spiro atoms. The number of anilines is 1. The second-order valence-corrected chi connectivity index (χ2v) is 7.82. The third kappa shape index (κ3) is 3.03. The number of rotatable bonds is 3. The van der Waals surface area contributed by atoms with Gasteiger partial charge in [0.15, 0.2) is 11.5 Å². The zero-order chi connectivity index (χ0) is 17.4. The highest BCUT2D eigenvalue weighted by Crippen LogP contribution is 2.35. The van der Waals surface area contributed by atoms with Gasteiger partial charge in [-0.3, -0.25) is 0 Å². The van der Waals surface area contributed by atoms with Gasteiger partial charge in [0.25, 0.3) is 0 Å². The fourth-order valence-electron chi connectivity index (χ4n) is 3.02. The number of ether oxygens (including phenoxy) is 2. The molecule has 0 atom stereocenters. The van der Waals surface area contributed by atoms with E-state index in [9.17, 15) is 12.8 Å². The first kappa shape index (κ1) is 16.2. The number of sulfonamides is 1. The molecule has 2 aromatic carbocycles. The molecule has 2 aliphatic heterocycles. The van der Waals surface area contributed by atoms with E-state index in [-0.39, 0.29) is 11.7 Å². The first-order valence-electron chi connectivity index (χ1n) is 7.94. The van der Waals surface area contributed by atoms with Crippen molar-refractivity contribution >= 4 is 15.7 Å². The summed E-state index contributed by atoms with van der Waals surface area (Å²) in [5.74, 6) is 0.978. The van der Waals surface area contributed by atoms with Crippen LogP contribution in [0.2, 0.25) is 0 Å². The molecule has 25 heavy (non-hydrogen) atoms. The highest BCUT2D eigenvalue weighted by atomic mass is 32.2. The summed E-state index contributed by atoms with van der Waals surface area (Å²) in [5.41, 5.74) is 0.975. The topological polar surface area (TPSA) is 59.1 Å². The fourth-order valence-corrected chi connectivity index (χ4v) is 4.45. The predicted octanol–water partition coefficient (Wildman–Crippen LogP) is 2.07. The highest BCUT2D eigenvalue weighted by Gasteiger charge is 2.29. The maximum atomic E-state index is 13.0. The molecule has 0 aliphatic carbocycles. The molecule has 0 N–H and O–H groups in total. The van der Waals surface area contributed by atoms with Crippen molar-refractivity contribution in [3.63, 3.8) is 0 Å². The number of benzene rings is 2. The number of fused-ring (bicyclic) bond motifs is 1. The second-order valence-electron chi connectivity index (χ2n) is 5.88. The van der Waals surface area contributed by atoms with E-state index >= 15 is 0 Å². The molecule has 4 rings (SSSR count). The highest BCUT2D eigenvalue weighted by molar-refractivity contribution is 7.89. The van der Waals surface area contributed by atoms with Gasteiger partial charge < -0.3 is 14.4 Å². The summed E-state index contributed by atoms with van der Waals surface area (Å²) >= 11 is 0. The van der Waals surface area contributed by atoms with Gasteiger partial charge in [0.05, 0.1) is 4.90 Å². The van der Waals surface area contributed by atoms with E-state index in [0.717, 1.165) is 23.6 Å². The van der Waals surface area contributed by atoms with Crippen molar-refractivity contribution in [1.29, 1.82) is 0 Å². The van der Waals surface area contributed by atoms with Crippen molar-refractivity contribution in [3.8, 4) is 11.5 Å². The summed E-state index contributed by atoms with van der Waals surface area (Å²) in [7, 11) is -3.60. The normalized spacial score (nSPS) is 17.7. The first-order chi connectivity index (χ1) is 12.0.